The van der Waals surface area contributed by atoms with Gasteiger partial charge < -0.3 is 14.8 Å². The SMILES string of the molecule is C=CCCC(O)CN(C)CC1CC(c2ccc(Cl)cc2)=NO1. The van der Waals surface area contributed by atoms with Crippen molar-refractivity contribution in [3.05, 3.63) is 47.5 Å². The average molecular weight is 323 g/mol. The molecule has 2 unspecified atom stereocenters. The molecule has 22 heavy (non-hydrogen) atoms. The van der Waals surface area contributed by atoms with E-state index in [1.54, 1.807) is 0 Å². The summed E-state index contributed by atoms with van der Waals surface area (Å²) < 4.78 is 0. The molecule has 4 nitrogen and oxygen atoms in total. The Morgan fingerprint density at radius 3 is 2.91 bits per heavy atom. The molecule has 0 amide bonds. The van der Waals surface area contributed by atoms with Crippen LogP contribution < -0.4 is 0 Å². The van der Waals surface area contributed by atoms with E-state index in [0.29, 0.717) is 11.6 Å². The number of aliphatic hydroxyl groups is 1. The van der Waals surface area contributed by atoms with E-state index in [2.05, 4.69) is 16.6 Å². The summed E-state index contributed by atoms with van der Waals surface area (Å²) in [4.78, 5) is 7.58. The number of rotatable bonds is 8. The Balaban J connectivity index is 1.77. The normalized spacial score (nSPS) is 18.9. The van der Waals surface area contributed by atoms with E-state index in [1.807, 2.05) is 37.4 Å². The number of nitrogens with zero attached hydrogens (tertiary/aromatic N) is 2. The molecule has 120 valence electrons. The predicted molar refractivity (Wildman–Crippen MR) is 90.4 cm³/mol. The van der Waals surface area contributed by atoms with E-state index in [-0.39, 0.29) is 12.2 Å². The second-order valence-corrected chi connectivity index (χ2v) is 6.15. The minimum atomic E-state index is -0.332. The Bertz CT molecular complexity index is 516. The van der Waals surface area contributed by atoms with Gasteiger partial charge >= 0.3 is 0 Å². The van der Waals surface area contributed by atoms with E-state index in [9.17, 15) is 5.11 Å². The fourth-order valence-corrected chi connectivity index (χ4v) is 2.65. The minimum Gasteiger partial charge on any atom is -0.392 e. The van der Waals surface area contributed by atoms with Crippen LogP contribution in [0.3, 0.4) is 0 Å². The van der Waals surface area contributed by atoms with E-state index < -0.39 is 0 Å². The first-order chi connectivity index (χ1) is 10.6. The molecular weight excluding hydrogens is 300 g/mol. The zero-order chi connectivity index (χ0) is 15.9. The predicted octanol–water partition coefficient (Wildman–Crippen LogP) is 3.09. The van der Waals surface area contributed by atoms with Gasteiger partial charge in [-0.05, 0) is 37.6 Å². The van der Waals surface area contributed by atoms with Gasteiger partial charge in [0.05, 0.1) is 11.8 Å². The molecule has 1 heterocycles. The Morgan fingerprint density at radius 1 is 1.50 bits per heavy atom. The van der Waals surface area contributed by atoms with Gasteiger partial charge in [0.1, 0.15) is 6.10 Å². The maximum absolute atomic E-state index is 9.91. The van der Waals surface area contributed by atoms with Gasteiger partial charge in [-0.1, -0.05) is 35.0 Å². The Labute approximate surface area is 137 Å². The third-order valence-corrected chi connectivity index (χ3v) is 3.90. The van der Waals surface area contributed by atoms with E-state index in [0.717, 1.165) is 37.1 Å². The number of benzene rings is 1. The topological polar surface area (TPSA) is 45.1 Å². The standard InChI is InChI=1S/C17H23ClN2O2/c1-3-4-5-15(21)11-20(2)12-16-10-17(19-22-16)13-6-8-14(18)9-7-13/h3,6-9,15-16,21H,1,4-5,10-12H2,2H3. The highest BCUT2D eigenvalue weighted by atomic mass is 35.5. The zero-order valence-electron chi connectivity index (χ0n) is 12.9. The number of allylic oxidation sites excluding steroid dienone is 1. The first-order valence-corrected chi connectivity index (χ1v) is 7.92. The summed E-state index contributed by atoms with van der Waals surface area (Å²) in [6.07, 6.45) is 3.87. The van der Waals surface area contributed by atoms with Crippen LogP contribution >= 0.6 is 11.6 Å². The zero-order valence-corrected chi connectivity index (χ0v) is 13.7. The van der Waals surface area contributed by atoms with Crippen molar-refractivity contribution in [1.82, 2.24) is 4.90 Å². The van der Waals surface area contributed by atoms with Crippen LogP contribution in [0.2, 0.25) is 5.02 Å². The maximum atomic E-state index is 9.91. The third-order valence-electron chi connectivity index (χ3n) is 3.65. The lowest BCUT2D eigenvalue weighted by Gasteiger charge is -2.22. The highest BCUT2D eigenvalue weighted by molar-refractivity contribution is 6.30. The van der Waals surface area contributed by atoms with Crippen molar-refractivity contribution in [2.75, 3.05) is 20.1 Å². The maximum Gasteiger partial charge on any atom is 0.145 e. The van der Waals surface area contributed by atoms with Crippen LogP contribution in [0.5, 0.6) is 0 Å². The fraction of sp³-hybridized carbons (Fsp3) is 0.471. The summed E-state index contributed by atoms with van der Waals surface area (Å²) in [6, 6.07) is 7.62. The van der Waals surface area contributed by atoms with Gasteiger partial charge in [-0.2, -0.15) is 0 Å². The molecular formula is C17H23ClN2O2. The molecule has 0 aromatic heterocycles. The van der Waals surface area contributed by atoms with Crippen LogP contribution in [0.1, 0.15) is 24.8 Å². The number of likely N-dealkylation sites (N-methyl/N-ethyl adjacent to an activating group) is 1. The minimum absolute atomic E-state index is 0.0299. The third kappa shape index (κ3) is 5.13. The van der Waals surface area contributed by atoms with Crippen molar-refractivity contribution in [3.63, 3.8) is 0 Å². The molecule has 1 aromatic rings. The molecule has 1 aromatic carbocycles. The summed E-state index contributed by atoms with van der Waals surface area (Å²) in [7, 11) is 1.99. The Hall–Kier alpha value is -1.36. The van der Waals surface area contributed by atoms with Crippen molar-refractivity contribution >= 4 is 17.3 Å². The molecule has 1 aliphatic rings. The van der Waals surface area contributed by atoms with E-state index >= 15 is 0 Å². The summed E-state index contributed by atoms with van der Waals surface area (Å²) >= 11 is 5.89. The first-order valence-electron chi connectivity index (χ1n) is 7.54. The lowest BCUT2D eigenvalue weighted by molar-refractivity contribution is 0.0430. The van der Waals surface area contributed by atoms with Crippen molar-refractivity contribution in [3.8, 4) is 0 Å². The molecule has 1 N–H and O–H groups in total. The van der Waals surface area contributed by atoms with Gasteiger partial charge in [0.25, 0.3) is 0 Å². The molecule has 0 saturated carbocycles. The van der Waals surface area contributed by atoms with Gasteiger partial charge in [0.2, 0.25) is 0 Å². The molecule has 0 spiro atoms. The molecule has 2 atom stereocenters. The van der Waals surface area contributed by atoms with E-state index in [1.165, 1.54) is 0 Å². The van der Waals surface area contributed by atoms with E-state index in [4.69, 9.17) is 16.4 Å². The van der Waals surface area contributed by atoms with Crippen LogP contribution in [0, 0.1) is 0 Å². The quantitative estimate of drug-likeness (QED) is 0.748. The van der Waals surface area contributed by atoms with Gasteiger partial charge in [0, 0.05) is 24.5 Å². The fourth-order valence-electron chi connectivity index (χ4n) is 2.52. The van der Waals surface area contributed by atoms with Gasteiger partial charge in [-0.15, -0.1) is 6.58 Å². The summed E-state index contributed by atoms with van der Waals surface area (Å²) in [5, 5.41) is 14.8. The van der Waals surface area contributed by atoms with Crippen LogP contribution in [-0.2, 0) is 4.84 Å². The molecule has 0 aliphatic carbocycles. The van der Waals surface area contributed by atoms with Crippen LogP contribution in [0.15, 0.2) is 42.1 Å². The van der Waals surface area contributed by atoms with Crippen LogP contribution in [-0.4, -0.2) is 48.1 Å². The second kappa shape index (κ2) is 8.32. The number of hydrogen-bond donors (Lipinski definition) is 1. The second-order valence-electron chi connectivity index (χ2n) is 5.72. The number of aliphatic hydroxyl groups excluding tert-OH is 1. The van der Waals surface area contributed by atoms with Crippen molar-refractivity contribution in [1.29, 1.82) is 0 Å². The Kier molecular flexibility index (Phi) is 6.43. The lowest BCUT2D eigenvalue weighted by Crippen LogP contribution is -2.35. The Morgan fingerprint density at radius 2 is 2.23 bits per heavy atom. The van der Waals surface area contributed by atoms with Crippen LogP contribution in [0.4, 0.5) is 0 Å². The lowest BCUT2D eigenvalue weighted by atomic mass is 10.0. The van der Waals surface area contributed by atoms with Gasteiger partial charge in [-0.3, -0.25) is 0 Å². The number of oxime groups is 1. The molecule has 1 aliphatic heterocycles. The number of halogens is 1. The van der Waals surface area contributed by atoms with Crippen LogP contribution in [0.25, 0.3) is 0 Å². The summed E-state index contributed by atoms with van der Waals surface area (Å²) in [5.74, 6) is 0. The molecule has 2 rings (SSSR count). The molecule has 0 fully saturated rings. The van der Waals surface area contributed by atoms with Crippen molar-refractivity contribution in [2.45, 2.75) is 31.5 Å². The van der Waals surface area contributed by atoms with Gasteiger partial charge in [-0.25, -0.2) is 0 Å². The molecule has 0 radical (unpaired) electrons. The first kappa shape index (κ1) is 17.0. The highest BCUT2D eigenvalue weighted by Gasteiger charge is 2.24. The van der Waals surface area contributed by atoms with Gasteiger partial charge in [0.15, 0.2) is 0 Å². The highest BCUT2D eigenvalue weighted by Crippen LogP contribution is 2.19. The molecule has 0 bridgehead atoms. The molecule has 5 heteroatoms. The molecule has 0 saturated heterocycles. The number of hydrogen-bond acceptors (Lipinski definition) is 4. The van der Waals surface area contributed by atoms with Crippen molar-refractivity contribution < 1.29 is 9.94 Å². The summed E-state index contributed by atoms with van der Waals surface area (Å²) in [5.41, 5.74) is 1.99. The summed E-state index contributed by atoms with van der Waals surface area (Å²) in [6.45, 7) is 5.04. The van der Waals surface area contributed by atoms with Crippen molar-refractivity contribution in [2.24, 2.45) is 5.16 Å². The largest absolute Gasteiger partial charge is 0.392 e. The average Bonchev–Trinajstić information content (AvgIpc) is 2.94. The smallest absolute Gasteiger partial charge is 0.145 e. The monoisotopic (exact) mass is 322 g/mol.